The van der Waals surface area contributed by atoms with Crippen LogP contribution in [0.15, 0.2) is 12.1 Å². The lowest BCUT2D eigenvalue weighted by Crippen LogP contribution is -2.35. The summed E-state index contributed by atoms with van der Waals surface area (Å²) in [7, 11) is 1.62. The number of halogens is 2. The maximum absolute atomic E-state index is 12.0. The summed E-state index contributed by atoms with van der Waals surface area (Å²) < 4.78 is 0. The number of aromatic nitrogens is 1. The van der Waals surface area contributed by atoms with Crippen LogP contribution in [0.1, 0.15) is 23.7 Å². The fourth-order valence-electron chi connectivity index (χ4n) is 1.23. The molecule has 6 heteroatoms. The molecular weight excluding hydrogens is 261 g/mol. The second-order valence-electron chi connectivity index (χ2n) is 3.60. The van der Waals surface area contributed by atoms with Crippen LogP contribution in [0.2, 0.25) is 10.3 Å². The normalized spacial score (nSPS) is 11.7. The van der Waals surface area contributed by atoms with Crippen molar-refractivity contribution in [1.29, 1.82) is 5.26 Å². The number of carbonyl (C=O) groups is 1. The Hall–Kier alpha value is -1.31. The van der Waals surface area contributed by atoms with Crippen LogP contribution in [0.25, 0.3) is 0 Å². The average molecular weight is 272 g/mol. The minimum Gasteiger partial charge on any atom is -0.338 e. The molecule has 1 rings (SSSR count). The van der Waals surface area contributed by atoms with E-state index in [-0.39, 0.29) is 34.2 Å². The summed E-state index contributed by atoms with van der Waals surface area (Å²) in [4.78, 5) is 17.3. The standard InChI is InChI=1S/C11H11Cl2N3O/c1-7(5-6-14)16(2)11(17)8-3-4-9(12)15-10(8)13/h3-4,7H,5H2,1-2H3. The molecular formula is C11H11Cl2N3O. The SMILES string of the molecule is CC(CC#N)N(C)C(=O)c1ccc(Cl)nc1Cl. The fraction of sp³-hybridized carbons (Fsp3) is 0.364. The van der Waals surface area contributed by atoms with Crippen LogP contribution in [0.4, 0.5) is 0 Å². The third-order valence-electron chi connectivity index (χ3n) is 2.41. The van der Waals surface area contributed by atoms with Gasteiger partial charge in [-0.15, -0.1) is 0 Å². The van der Waals surface area contributed by atoms with E-state index in [9.17, 15) is 4.79 Å². The van der Waals surface area contributed by atoms with Crippen LogP contribution in [0, 0.1) is 11.3 Å². The molecule has 1 aromatic rings. The summed E-state index contributed by atoms with van der Waals surface area (Å²) in [6.07, 6.45) is 0.265. The van der Waals surface area contributed by atoms with E-state index in [1.54, 1.807) is 14.0 Å². The van der Waals surface area contributed by atoms with Gasteiger partial charge in [0.1, 0.15) is 10.3 Å². The van der Waals surface area contributed by atoms with Crippen molar-refractivity contribution >= 4 is 29.1 Å². The number of pyridine rings is 1. The van der Waals surface area contributed by atoms with Gasteiger partial charge in [0.2, 0.25) is 0 Å². The quantitative estimate of drug-likeness (QED) is 0.795. The van der Waals surface area contributed by atoms with Crippen LogP contribution < -0.4 is 0 Å². The van der Waals surface area contributed by atoms with Crippen LogP contribution in [-0.2, 0) is 0 Å². The summed E-state index contributed by atoms with van der Waals surface area (Å²) in [6.45, 7) is 1.79. The molecule has 4 nitrogen and oxygen atoms in total. The minimum absolute atomic E-state index is 0.0681. The van der Waals surface area contributed by atoms with Gasteiger partial charge in [0.15, 0.2) is 0 Å². The van der Waals surface area contributed by atoms with Gasteiger partial charge in [-0.3, -0.25) is 4.79 Å². The third kappa shape index (κ3) is 3.32. The lowest BCUT2D eigenvalue weighted by molar-refractivity contribution is 0.0746. The number of amides is 1. The highest BCUT2D eigenvalue weighted by Crippen LogP contribution is 2.19. The van der Waals surface area contributed by atoms with Crippen LogP contribution in [0.5, 0.6) is 0 Å². The van der Waals surface area contributed by atoms with Crippen molar-refractivity contribution in [3.05, 3.63) is 28.0 Å². The van der Waals surface area contributed by atoms with Gasteiger partial charge < -0.3 is 4.90 Å². The van der Waals surface area contributed by atoms with E-state index in [1.807, 2.05) is 6.07 Å². The molecule has 1 atom stereocenters. The first kappa shape index (κ1) is 13.8. The first-order valence-corrected chi connectivity index (χ1v) is 5.69. The van der Waals surface area contributed by atoms with E-state index < -0.39 is 0 Å². The van der Waals surface area contributed by atoms with Crippen molar-refractivity contribution in [1.82, 2.24) is 9.88 Å². The molecule has 0 radical (unpaired) electrons. The zero-order chi connectivity index (χ0) is 13.0. The van der Waals surface area contributed by atoms with Gasteiger partial charge in [0.25, 0.3) is 5.91 Å². The van der Waals surface area contributed by atoms with E-state index >= 15 is 0 Å². The zero-order valence-corrected chi connectivity index (χ0v) is 11.0. The Labute approximate surface area is 110 Å². The van der Waals surface area contributed by atoms with E-state index in [2.05, 4.69) is 4.98 Å². The molecule has 0 N–H and O–H groups in total. The Morgan fingerprint density at radius 2 is 2.24 bits per heavy atom. The maximum Gasteiger partial charge on any atom is 0.256 e. The highest BCUT2D eigenvalue weighted by atomic mass is 35.5. The van der Waals surface area contributed by atoms with E-state index in [0.29, 0.717) is 0 Å². The smallest absolute Gasteiger partial charge is 0.256 e. The maximum atomic E-state index is 12.0. The van der Waals surface area contributed by atoms with Crippen LogP contribution >= 0.6 is 23.2 Å². The lowest BCUT2D eigenvalue weighted by Gasteiger charge is -2.23. The molecule has 0 aliphatic heterocycles. The van der Waals surface area contributed by atoms with Gasteiger partial charge >= 0.3 is 0 Å². The predicted molar refractivity (Wildman–Crippen MR) is 66.0 cm³/mol. The predicted octanol–water partition coefficient (Wildman–Crippen LogP) is 2.76. The van der Waals surface area contributed by atoms with Gasteiger partial charge in [-0.05, 0) is 19.1 Å². The molecule has 1 amide bonds. The van der Waals surface area contributed by atoms with Crippen molar-refractivity contribution in [3.63, 3.8) is 0 Å². The molecule has 0 aliphatic rings. The van der Waals surface area contributed by atoms with Crippen LogP contribution in [-0.4, -0.2) is 28.9 Å². The van der Waals surface area contributed by atoms with Gasteiger partial charge in [0, 0.05) is 13.1 Å². The summed E-state index contributed by atoms with van der Waals surface area (Å²) in [5, 5.41) is 8.89. The Morgan fingerprint density at radius 3 is 2.76 bits per heavy atom. The molecule has 17 heavy (non-hydrogen) atoms. The largest absolute Gasteiger partial charge is 0.338 e. The molecule has 1 unspecified atom stereocenters. The Kier molecular flexibility index (Phi) is 4.73. The Bertz CT molecular complexity index is 470. The monoisotopic (exact) mass is 271 g/mol. The Morgan fingerprint density at radius 1 is 1.59 bits per heavy atom. The molecule has 1 heterocycles. The van der Waals surface area contributed by atoms with Crippen molar-refractivity contribution in [2.24, 2.45) is 0 Å². The van der Waals surface area contributed by atoms with Crippen molar-refractivity contribution < 1.29 is 4.79 Å². The average Bonchev–Trinajstić information content (AvgIpc) is 2.27. The fourth-order valence-corrected chi connectivity index (χ4v) is 1.66. The molecule has 0 aliphatic carbocycles. The molecule has 0 bridgehead atoms. The van der Waals surface area contributed by atoms with Crippen molar-refractivity contribution in [2.75, 3.05) is 7.05 Å². The molecule has 0 fully saturated rings. The molecule has 90 valence electrons. The molecule has 0 saturated carbocycles. The summed E-state index contributed by atoms with van der Waals surface area (Å²) >= 11 is 11.5. The van der Waals surface area contributed by atoms with Gasteiger partial charge in [-0.1, -0.05) is 23.2 Å². The lowest BCUT2D eigenvalue weighted by atomic mass is 10.2. The van der Waals surface area contributed by atoms with E-state index in [0.717, 1.165) is 0 Å². The Balaban J connectivity index is 2.93. The number of hydrogen-bond acceptors (Lipinski definition) is 3. The highest BCUT2D eigenvalue weighted by Gasteiger charge is 2.20. The first-order chi connectivity index (χ1) is 7.97. The van der Waals surface area contributed by atoms with E-state index in [4.69, 9.17) is 28.5 Å². The number of nitriles is 1. The summed E-state index contributed by atoms with van der Waals surface area (Å²) in [6, 6.07) is 4.86. The minimum atomic E-state index is -0.276. The van der Waals surface area contributed by atoms with Gasteiger partial charge in [0.05, 0.1) is 18.1 Å². The molecule has 0 aromatic carbocycles. The number of nitrogens with zero attached hydrogens (tertiary/aromatic N) is 3. The molecule has 0 spiro atoms. The summed E-state index contributed by atoms with van der Waals surface area (Å²) in [5.74, 6) is -0.276. The second-order valence-corrected chi connectivity index (χ2v) is 4.34. The van der Waals surface area contributed by atoms with Gasteiger partial charge in [-0.2, -0.15) is 5.26 Å². The van der Waals surface area contributed by atoms with E-state index in [1.165, 1.54) is 17.0 Å². The number of rotatable bonds is 3. The molecule has 1 aromatic heterocycles. The first-order valence-electron chi connectivity index (χ1n) is 4.93. The second kappa shape index (κ2) is 5.85. The van der Waals surface area contributed by atoms with Crippen molar-refractivity contribution in [2.45, 2.75) is 19.4 Å². The van der Waals surface area contributed by atoms with Crippen molar-refractivity contribution in [3.8, 4) is 6.07 Å². The topological polar surface area (TPSA) is 57.0 Å². The summed E-state index contributed by atoms with van der Waals surface area (Å²) in [5.41, 5.74) is 0.281. The number of carbonyl (C=O) groups excluding carboxylic acids is 1. The zero-order valence-electron chi connectivity index (χ0n) is 9.44. The number of hydrogen-bond donors (Lipinski definition) is 0. The van der Waals surface area contributed by atoms with Crippen LogP contribution in [0.3, 0.4) is 0 Å². The molecule has 0 saturated heterocycles. The van der Waals surface area contributed by atoms with Gasteiger partial charge in [-0.25, -0.2) is 4.98 Å². The third-order valence-corrected chi connectivity index (χ3v) is 2.91. The highest BCUT2D eigenvalue weighted by molar-refractivity contribution is 6.34.